The zero-order valence-corrected chi connectivity index (χ0v) is 16.2. The van der Waals surface area contributed by atoms with Gasteiger partial charge in [0.2, 0.25) is 5.95 Å². The molecule has 5 nitrogen and oxygen atoms in total. The van der Waals surface area contributed by atoms with Crippen LogP contribution >= 0.6 is 0 Å². The molecule has 1 aromatic heterocycles. The van der Waals surface area contributed by atoms with Crippen molar-refractivity contribution in [3.8, 4) is 0 Å². The Balaban J connectivity index is 1.45. The first-order chi connectivity index (χ1) is 13.1. The van der Waals surface area contributed by atoms with E-state index in [4.69, 9.17) is 9.97 Å². The van der Waals surface area contributed by atoms with E-state index in [9.17, 15) is 4.39 Å². The van der Waals surface area contributed by atoms with Gasteiger partial charge in [-0.3, -0.25) is 0 Å². The number of hydrogen-bond donors (Lipinski definition) is 0. The fraction of sp³-hybridized carbons (Fsp3) is 0.524. The first-order valence-corrected chi connectivity index (χ1v) is 9.94. The van der Waals surface area contributed by atoms with E-state index in [0.29, 0.717) is 0 Å². The van der Waals surface area contributed by atoms with Gasteiger partial charge >= 0.3 is 0 Å². The number of aromatic nitrogens is 2. The molecule has 2 saturated heterocycles. The Kier molecular flexibility index (Phi) is 5.14. The van der Waals surface area contributed by atoms with Crippen molar-refractivity contribution in [2.45, 2.75) is 26.7 Å². The summed E-state index contributed by atoms with van der Waals surface area (Å²) in [7, 11) is 0. The third-order valence-corrected chi connectivity index (χ3v) is 5.56. The monoisotopic (exact) mass is 369 g/mol. The topological polar surface area (TPSA) is 35.5 Å². The van der Waals surface area contributed by atoms with Gasteiger partial charge in [0.25, 0.3) is 0 Å². The first kappa shape index (κ1) is 18.0. The second-order valence-corrected chi connectivity index (χ2v) is 7.81. The van der Waals surface area contributed by atoms with Crippen LogP contribution in [0, 0.1) is 18.7 Å². The molecule has 1 unspecified atom stereocenters. The van der Waals surface area contributed by atoms with Gasteiger partial charge in [-0.15, -0.1) is 0 Å². The van der Waals surface area contributed by atoms with E-state index in [1.807, 2.05) is 12.1 Å². The van der Waals surface area contributed by atoms with Crippen LogP contribution in [0.25, 0.3) is 0 Å². The van der Waals surface area contributed by atoms with Crippen LogP contribution in [0.15, 0.2) is 30.3 Å². The molecule has 2 fully saturated rings. The maximum atomic E-state index is 13.1. The first-order valence-electron chi connectivity index (χ1n) is 9.94. The second-order valence-electron chi connectivity index (χ2n) is 7.81. The van der Waals surface area contributed by atoms with Crippen molar-refractivity contribution < 1.29 is 4.39 Å². The lowest BCUT2D eigenvalue weighted by atomic mass is 10.0. The summed E-state index contributed by atoms with van der Waals surface area (Å²) in [6, 6.07) is 8.86. The van der Waals surface area contributed by atoms with Gasteiger partial charge in [-0.05, 0) is 49.9 Å². The number of halogens is 1. The minimum Gasteiger partial charge on any atom is -0.368 e. The minimum absolute atomic E-state index is 0.190. The number of piperazine rings is 1. The normalized spacial score (nSPS) is 20.9. The zero-order chi connectivity index (χ0) is 18.8. The Morgan fingerprint density at radius 1 is 0.926 bits per heavy atom. The highest BCUT2D eigenvalue weighted by molar-refractivity contribution is 5.50. The molecule has 6 heteroatoms. The summed E-state index contributed by atoms with van der Waals surface area (Å²) < 4.78 is 13.1. The lowest BCUT2D eigenvalue weighted by molar-refractivity contribution is 0.444. The number of rotatable bonds is 3. The van der Waals surface area contributed by atoms with Crippen molar-refractivity contribution >= 4 is 17.5 Å². The summed E-state index contributed by atoms with van der Waals surface area (Å²) in [6.45, 7) is 10.0. The molecule has 3 heterocycles. The summed E-state index contributed by atoms with van der Waals surface area (Å²) in [5, 5.41) is 0. The molecular weight excluding hydrogens is 341 g/mol. The summed E-state index contributed by atoms with van der Waals surface area (Å²) in [4.78, 5) is 16.6. The van der Waals surface area contributed by atoms with Gasteiger partial charge in [-0.1, -0.05) is 6.92 Å². The maximum absolute atomic E-state index is 13.1. The molecule has 0 bridgehead atoms. The lowest BCUT2D eigenvalue weighted by Gasteiger charge is -2.37. The maximum Gasteiger partial charge on any atom is 0.227 e. The van der Waals surface area contributed by atoms with Crippen LogP contribution in [-0.2, 0) is 0 Å². The van der Waals surface area contributed by atoms with Crippen LogP contribution in [0.1, 0.15) is 25.5 Å². The quantitative estimate of drug-likeness (QED) is 0.828. The van der Waals surface area contributed by atoms with Crippen LogP contribution in [0.3, 0.4) is 0 Å². The van der Waals surface area contributed by atoms with E-state index in [1.165, 1.54) is 25.0 Å². The third kappa shape index (κ3) is 4.15. The molecule has 4 rings (SSSR count). The van der Waals surface area contributed by atoms with Crippen molar-refractivity contribution in [1.82, 2.24) is 9.97 Å². The van der Waals surface area contributed by atoms with E-state index >= 15 is 0 Å². The Morgan fingerprint density at radius 3 is 2.33 bits per heavy atom. The fourth-order valence-electron chi connectivity index (χ4n) is 4.05. The Labute approximate surface area is 160 Å². The van der Waals surface area contributed by atoms with Gasteiger partial charge in [-0.25, -0.2) is 9.37 Å². The van der Waals surface area contributed by atoms with Crippen LogP contribution < -0.4 is 14.7 Å². The molecule has 0 spiro atoms. The number of anilines is 3. The lowest BCUT2D eigenvalue weighted by Crippen LogP contribution is -2.47. The Hall–Kier alpha value is -2.37. The highest BCUT2D eigenvalue weighted by Crippen LogP contribution is 2.25. The molecule has 0 radical (unpaired) electrons. The molecule has 1 atom stereocenters. The molecule has 27 heavy (non-hydrogen) atoms. The standard InChI is InChI=1S/C21H28FN5/c1-16-4-3-9-27(15-16)20-14-17(2)23-21(24-20)26-12-10-25(11-13-26)19-7-5-18(22)6-8-19/h5-8,14,16H,3-4,9-13,15H2,1-2H3. The molecule has 1 aromatic carbocycles. The van der Waals surface area contributed by atoms with E-state index in [1.54, 1.807) is 0 Å². The highest BCUT2D eigenvalue weighted by atomic mass is 19.1. The van der Waals surface area contributed by atoms with Crippen molar-refractivity contribution in [3.05, 3.63) is 41.8 Å². The Bertz CT molecular complexity index is 771. The van der Waals surface area contributed by atoms with Crippen LogP contribution in [0.4, 0.5) is 21.8 Å². The van der Waals surface area contributed by atoms with E-state index < -0.39 is 0 Å². The Morgan fingerprint density at radius 2 is 1.63 bits per heavy atom. The second kappa shape index (κ2) is 7.71. The van der Waals surface area contributed by atoms with Gasteiger partial charge in [0.05, 0.1) is 0 Å². The summed E-state index contributed by atoms with van der Waals surface area (Å²) in [6.07, 6.45) is 2.54. The van der Waals surface area contributed by atoms with Crippen molar-refractivity contribution in [1.29, 1.82) is 0 Å². The molecule has 0 amide bonds. The summed E-state index contributed by atoms with van der Waals surface area (Å²) in [5.74, 6) is 2.42. The molecule has 144 valence electrons. The number of aryl methyl sites for hydroxylation is 1. The molecule has 0 N–H and O–H groups in total. The average molecular weight is 369 g/mol. The third-order valence-electron chi connectivity index (χ3n) is 5.56. The minimum atomic E-state index is -0.190. The largest absolute Gasteiger partial charge is 0.368 e. The molecule has 2 aliphatic rings. The summed E-state index contributed by atoms with van der Waals surface area (Å²) >= 11 is 0. The van der Waals surface area contributed by atoms with E-state index in [2.05, 4.69) is 34.6 Å². The molecular formula is C21H28FN5. The fourth-order valence-corrected chi connectivity index (χ4v) is 4.05. The van der Waals surface area contributed by atoms with Crippen molar-refractivity contribution in [3.63, 3.8) is 0 Å². The van der Waals surface area contributed by atoms with Crippen LogP contribution in [0.2, 0.25) is 0 Å². The molecule has 2 aromatic rings. The molecule has 0 aliphatic carbocycles. The molecule has 0 saturated carbocycles. The number of piperidine rings is 1. The average Bonchev–Trinajstić information content (AvgIpc) is 2.68. The SMILES string of the molecule is Cc1cc(N2CCCC(C)C2)nc(N2CCN(c3ccc(F)cc3)CC2)n1. The van der Waals surface area contributed by atoms with Crippen molar-refractivity contribution in [2.75, 3.05) is 54.0 Å². The summed E-state index contributed by atoms with van der Waals surface area (Å²) in [5.41, 5.74) is 2.10. The van der Waals surface area contributed by atoms with Gasteiger partial charge in [0.15, 0.2) is 0 Å². The van der Waals surface area contributed by atoms with Gasteiger partial charge in [-0.2, -0.15) is 4.98 Å². The smallest absolute Gasteiger partial charge is 0.227 e. The van der Waals surface area contributed by atoms with Crippen molar-refractivity contribution in [2.24, 2.45) is 5.92 Å². The van der Waals surface area contributed by atoms with E-state index in [-0.39, 0.29) is 5.82 Å². The van der Waals surface area contributed by atoms with Crippen LogP contribution in [0.5, 0.6) is 0 Å². The predicted octanol–water partition coefficient (Wildman–Crippen LogP) is 3.49. The number of hydrogen-bond acceptors (Lipinski definition) is 5. The number of benzene rings is 1. The predicted molar refractivity (Wildman–Crippen MR) is 108 cm³/mol. The number of nitrogens with zero attached hydrogens (tertiary/aromatic N) is 5. The van der Waals surface area contributed by atoms with Crippen LogP contribution in [-0.4, -0.2) is 49.2 Å². The van der Waals surface area contributed by atoms with Gasteiger partial charge in [0.1, 0.15) is 11.6 Å². The van der Waals surface area contributed by atoms with Gasteiger partial charge in [0, 0.05) is 56.7 Å². The van der Waals surface area contributed by atoms with Gasteiger partial charge < -0.3 is 14.7 Å². The highest BCUT2D eigenvalue weighted by Gasteiger charge is 2.22. The molecule has 2 aliphatic heterocycles. The van der Waals surface area contributed by atoms with E-state index in [0.717, 1.165) is 68.3 Å². The zero-order valence-electron chi connectivity index (χ0n) is 16.2.